The van der Waals surface area contributed by atoms with Gasteiger partial charge in [-0.25, -0.2) is 10.0 Å². The Morgan fingerprint density at radius 1 is 0.750 bits per heavy atom. The fourth-order valence-corrected chi connectivity index (χ4v) is 5.38. The van der Waals surface area contributed by atoms with Gasteiger partial charge in [0.15, 0.2) is 10.2 Å². The molecule has 1 aromatic carbocycles. The number of rotatable bonds is 4. The Kier molecular flexibility index (Phi) is 6.17. The average molecular weight is 521 g/mol. The molecule has 4 heterocycles. The number of hydrogen-bond donors (Lipinski definition) is 2. The third-order valence-electron chi connectivity index (χ3n) is 6.68. The number of hydrogen-bond acceptors (Lipinski definition) is 6. The number of hydrazone groups is 2. The summed E-state index contributed by atoms with van der Waals surface area (Å²) in [6, 6.07) is 12.1. The van der Waals surface area contributed by atoms with Crippen LogP contribution in [0.15, 0.2) is 55.4 Å². The van der Waals surface area contributed by atoms with Gasteiger partial charge in [0, 0.05) is 24.0 Å². The van der Waals surface area contributed by atoms with Crippen molar-refractivity contribution in [2.24, 2.45) is 21.7 Å². The lowest BCUT2D eigenvalue weighted by molar-refractivity contribution is 0.368. The number of nitrogens with two attached hydrogens (primary N) is 2. The Morgan fingerprint density at radius 3 is 1.39 bits per heavy atom. The van der Waals surface area contributed by atoms with Crippen molar-refractivity contribution in [3.05, 3.63) is 81.7 Å². The van der Waals surface area contributed by atoms with Crippen molar-refractivity contribution in [3.8, 4) is 0 Å². The first kappa shape index (κ1) is 24.2. The third-order valence-corrected chi connectivity index (χ3v) is 7.06. The zero-order valence-corrected chi connectivity index (χ0v) is 22.2. The van der Waals surface area contributed by atoms with Crippen LogP contribution in [-0.2, 0) is 0 Å². The molecule has 186 valence electrons. The van der Waals surface area contributed by atoms with Gasteiger partial charge < -0.3 is 20.3 Å². The van der Waals surface area contributed by atoms with Crippen LogP contribution in [0.5, 0.6) is 0 Å². The van der Waals surface area contributed by atoms with Crippen molar-refractivity contribution in [1.29, 1.82) is 0 Å². The molecule has 0 saturated heterocycles. The topological polar surface area (TPSA) is 110 Å². The summed E-state index contributed by atoms with van der Waals surface area (Å²) in [7, 11) is 0. The van der Waals surface area contributed by atoms with E-state index in [1.807, 2.05) is 39.8 Å². The van der Waals surface area contributed by atoms with Gasteiger partial charge in [-0.3, -0.25) is 0 Å². The maximum absolute atomic E-state index is 6.04. The molecule has 0 bridgehead atoms. The van der Waals surface area contributed by atoms with E-state index < -0.39 is 0 Å². The van der Waals surface area contributed by atoms with Crippen molar-refractivity contribution in [2.75, 3.05) is 0 Å². The smallest absolute Gasteiger partial charge is 0.187 e. The second-order valence-corrected chi connectivity index (χ2v) is 10.1. The summed E-state index contributed by atoms with van der Waals surface area (Å²) in [5.74, 6) is 3.37. The molecule has 2 aromatic heterocycles. The Labute approximate surface area is 220 Å². The molecule has 0 fully saturated rings. The minimum atomic E-state index is -0.0974. The molecule has 2 aliphatic rings. The summed E-state index contributed by atoms with van der Waals surface area (Å²) in [5, 5.41) is 13.4. The third kappa shape index (κ3) is 4.31. The maximum atomic E-state index is 6.04. The molecular formula is C26H28N6O2S2. The van der Waals surface area contributed by atoms with Crippen LogP contribution in [0.4, 0.5) is 0 Å². The quantitative estimate of drug-likeness (QED) is 0.468. The fourth-order valence-electron chi connectivity index (χ4n) is 5.05. The minimum absolute atomic E-state index is 0.0974. The Morgan fingerprint density at radius 2 is 1.11 bits per heavy atom. The van der Waals surface area contributed by atoms with E-state index in [1.165, 1.54) is 0 Å². The second kappa shape index (κ2) is 9.18. The molecule has 0 spiro atoms. The molecule has 2 aliphatic heterocycles. The molecule has 0 radical (unpaired) electrons. The molecule has 36 heavy (non-hydrogen) atoms. The molecule has 0 aliphatic carbocycles. The predicted octanol–water partition coefficient (Wildman–Crippen LogP) is 4.90. The number of furan rings is 2. The highest BCUT2D eigenvalue weighted by atomic mass is 32.1. The fraction of sp³-hybridized carbons (Fsp3) is 0.308. The van der Waals surface area contributed by atoms with E-state index in [0.29, 0.717) is 12.8 Å². The molecule has 8 nitrogen and oxygen atoms in total. The van der Waals surface area contributed by atoms with Gasteiger partial charge >= 0.3 is 0 Å². The Hall–Kier alpha value is -3.50. The van der Waals surface area contributed by atoms with Crippen molar-refractivity contribution in [1.82, 2.24) is 10.0 Å². The summed E-state index contributed by atoms with van der Waals surface area (Å²) >= 11 is 10.6. The van der Waals surface area contributed by atoms with Crippen LogP contribution < -0.4 is 11.5 Å². The normalized spacial score (nSPS) is 19.6. The second-order valence-electron chi connectivity index (χ2n) is 9.22. The van der Waals surface area contributed by atoms with Gasteiger partial charge in [-0.15, -0.1) is 0 Å². The van der Waals surface area contributed by atoms with Crippen LogP contribution >= 0.6 is 24.4 Å². The largest absolute Gasteiger partial charge is 0.466 e. The molecule has 3 aromatic rings. The lowest BCUT2D eigenvalue weighted by atomic mass is 9.94. The van der Waals surface area contributed by atoms with Crippen molar-refractivity contribution in [2.45, 2.75) is 52.6 Å². The van der Waals surface area contributed by atoms with E-state index in [9.17, 15) is 0 Å². The van der Waals surface area contributed by atoms with E-state index >= 15 is 0 Å². The van der Waals surface area contributed by atoms with Crippen molar-refractivity contribution in [3.63, 3.8) is 0 Å². The molecule has 2 atom stereocenters. The molecule has 2 unspecified atom stereocenters. The summed E-state index contributed by atoms with van der Waals surface area (Å²) in [4.78, 5) is 0. The average Bonchev–Trinajstić information content (AvgIpc) is 3.58. The van der Waals surface area contributed by atoms with Crippen molar-refractivity contribution >= 4 is 46.1 Å². The maximum Gasteiger partial charge on any atom is 0.187 e. The summed E-state index contributed by atoms with van der Waals surface area (Å²) < 4.78 is 11.4. The van der Waals surface area contributed by atoms with E-state index in [-0.39, 0.29) is 22.3 Å². The van der Waals surface area contributed by atoms with Crippen LogP contribution in [0.2, 0.25) is 0 Å². The first-order valence-corrected chi connectivity index (χ1v) is 12.5. The molecule has 5 rings (SSSR count). The number of aryl methyl sites for hydroxylation is 4. The van der Waals surface area contributed by atoms with E-state index in [4.69, 9.17) is 54.9 Å². The van der Waals surface area contributed by atoms with Gasteiger partial charge in [0.2, 0.25) is 0 Å². The molecule has 0 saturated carbocycles. The molecular weight excluding hydrogens is 492 g/mol. The predicted molar refractivity (Wildman–Crippen MR) is 148 cm³/mol. The minimum Gasteiger partial charge on any atom is -0.466 e. The molecule has 4 N–H and O–H groups in total. The summed E-state index contributed by atoms with van der Waals surface area (Å²) in [6.45, 7) is 7.74. The van der Waals surface area contributed by atoms with Gasteiger partial charge in [-0.2, -0.15) is 10.2 Å². The highest BCUT2D eigenvalue weighted by Crippen LogP contribution is 2.37. The SMILES string of the molecule is Cc1cc(C2=NN(C(N)=S)C(c3ccc(C4CC(c5cc(C)oc5C)=NN4C(N)=S)cc3)C2)c(C)o1. The highest BCUT2D eigenvalue weighted by Gasteiger charge is 2.34. The first-order valence-electron chi connectivity index (χ1n) is 11.7. The van der Waals surface area contributed by atoms with E-state index in [2.05, 4.69) is 24.3 Å². The van der Waals surface area contributed by atoms with Crippen molar-refractivity contribution < 1.29 is 8.83 Å². The summed E-state index contributed by atoms with van der Waals surface area (Å²) in [6.07, 6.45) is 1.34. The van der Waals surface area contributed by atoms with E-state index in [1.54, 1.807) is 10.0 Å². The van der Waals surface area contributed by atoms with Gasteiger partial charge in [0.1, 0.15) is 23.0 Å². The lowest BCUT2D eigenvalue weighted by Gasteiger charge is -2.24. The summed E-state index contributed by atoms with van der Waals surface area (Å²) in [5.41, 5.74) is 18.0. The molecule has 0 amide bonds. The lowest BCUT2D eigenvalue weighted by Crippen LogP contribution is -2.32. The monoisotopic (exact) mass is 520 g/mol. The van der Waals surface area contributed by atoms with Crippen LogP contribution in [0.25, 0.3) is 0 Å². The standard InChI is InChI=1S/C26H28N6O2S2/c1-13-9-19(15(3)33-13)21-11-23(31(29-21)25(27)35)17-5-7-18(8-6-17)24-12-22(30-32(24)26(28)36)20-10-14(2)34-16(20)4/h5-10,23-24H,11-12H2,1-4H3,(H2,27,35)(H2,28,36). The van der Waals surface area contributed by atoms with Crippen LogP contribution in [-0.4, -0.2) is 31.7 Å². The molecule has 10 heteroatoms. The van der Waals surface area contributed by atoms with Gasteiger partial charge in [0.25, 0.3) is 0 Å². The van der Waals surface area contributed by atoms with Gasteiger partial charge in [-0.05, 0) is 75.4 Å². The van der Waals surface area contributed by atoms with E-state index in [0.717, 1.165) is 56.7 Å². The van der Waals surface area contributed by atoms with Crippen LogP contribution in [0.1, 0.15) is 70.2 Å². The zero-order chi connectivity index (χ0) is 25.7. The number of nitrogens with zero attached hydrogens (tertiary/aromatic N) is 4. The number of thiocarbonyl (C=S) groups is 2. The van der Waals surface area contributed by atoms with Crippen LogP contribution in [0, 0.1) is 27.7 Å². The Balaban J connectivity index is 1.40. The van der Waals surface area contributed by atoms with Gasteiger partial charge in [0.05, 0.1) is 23.5 Å². The number of benzene rings is 1. The van der Waals surface area contributed by atoms with Crippen LogP contribution in [0.3, 0.4) is 0 Å². The Bertz CT molecular complexity index is 1310. The zero-order valence-electron chi connectivity index (χ0n) is 20.6. The first-order chi connectivity index (χ1) is 17.1. The highest BCUT2D eigenvalue weighted by molar-refractivity contribution is 7.80. The van der Waals surface area contributed by atoms with Gasteiger partial charge in [-0.1, -0.05) is 24.3 Å².